The predicted octanol–water partition coefficient (Wildman–Crippen LogP) is 4.23. The number of rotatable bonds is 4. The normalized spacial score (nSPS) is 10.9. The number of halogens is 1. The number of carbonyl (C=O) groups is 1. The van der Waals surface area contributed by atoms with Crippen LogP contribution in [0, 0.1) is 0 Å². The molecule has 0 aliphatic heterocycles. The van der Waals surface area contributed by atoms with Crippen molar-refractivity contribution in [3.63, 3.8) is 0 Å². The third-order valence-electron chi connectivity index (χ3n) is 2.72. The van der Waals surface area contributed by atoms with Gasteiger partial charge in [-0.25, -0.2) is 4.79 Å². The lowest BCUT2D eigenvalue weighted by atomic mass is 10.2. The van der Waals surface area contributed by atoms with Gasteiger partial charge >= 0.3 is 6.09 Å². The van der Waals surface area contributed by atoms with E-state index < -0.39 is 11.7 Å². The number of nitrogens with one attached hydrogen (secondary N) is 2. The minimum absolute atomic E-state index is 0.285. The molecular formula is C16H19ClN4O3. The van der Waals surface area contributed by atoms with Gasteiger partial charge in [-0.15, -0.1) is 10.2 Å². The summed E-state index contributed by atoms with van der Waals surface area (Å²) in [4.78, 5) is 11.7. The molecule has 0 aliphatic carbocycles. The molecule has 0 saturated carbocycles. The van der Waals surface area contributed by atoms with Crippen LogP contribution in [0.5, 0.6) is 5.75 Å². The summed E-state index contributed by atoms with van der Waals surface area (Å²) >= 11 is 5.98. The highest BCUT2D eigenvalue weighted by Crippen LogP contribution is 2.29. The molecule has 7 nitrogen and oxygen atoms in total. The second kappa shape index (κ2) is 7.35. The fourth-order valence-corrected chi connectivity index (χ4v) is 1.96. The molecule has 0 unspecified atom stereocenters. The van der Waals surface area contributed by atoms with Crippen molar-refractivity contribution in [2.45, 2.75) is 26.4 Å². The van der Waals surface area contributed by atoms with Crippen LogP contribution < -0.4 is 15.4 Å². The molecule has 0 atom stereocenters. The summed E-state index contributed by atoms with van der Waals surface area (Å²) in [5.41, 5.74) is 0.0782. The first kappa shape index (κ1) is 17.8. The topological polar surface area (TPSA) is 85.4 Å². The number of amides is 1. The third-order valence-corrected chi connectivity index (χ3v) is 2.95. The first-order valence-corrected chi connectivity index (χ1v) is 7.59. The molecule has 0 fully saturated rings. The standard InChI is InChI=1S/C16H19ClN4O3/c1-16(2,3)24-15(22)19-14-8-7-13(20-21-14)18-11-9-10(17)5-6-12(11)23-4/h5-9H,1-4H3,(H,18,20)(H,19,21,22). The molecule has 1 aromatic heterocycles. The van der Waals surface area contributed by atoms with E-state index in [1.165, 1.54) is 0 Å². The fraction of sp³-hybridized carbons (Fsp3) is 0.312. The van der Waals surface area contributed by atoms with Crippen LogP contribution >= 0.6 is 11.6 Å². The molecule has 128 valence electrons. The van der Waals surface area contributed by atoms with E-state index in [0.717, 1.165) is 0 Å². The molecular weight excluding hydrogens is 332 g/mol. The summed E-state index contributed by atoms with van der Waals surface area (Å²) in [5.74, 6) is 1.38. The highest BCUT2D eigenvalue weighted by atomic mass is 35.5. The zero-order valence-electron chi connectivity index (χ0n) is 13.9. The lowest BCUT2D eigenvalue weighted by molar-refractivity contribution is 0.0635. The summed E-state index contributed by atoms with van der Waals surface area (Å²) in [5, 5.41) is 14.1. The maximum absolute atomic E-state index is 11.7. The van der Waals surface area contributed by atoms with Gasteiger partial charge in [-0.1, -0.05) is 11.6 Å². The summed E-state index contributed by atoms with van der Waals surface area (Å²) in [6.07, 6.45) is -0.589. The summed E-state index contributed by atoms with van der Waals surface area (Å²) in [7, 11) is 1.56. The van der Waals surface area contributed by atoms with E-state index in [4.69, 9.17) is 21.1 Å². The molecule has 0 spiro atoms. The summed E-state index contributed by atoms with van der Waals surface area (Å²) in [6.45, 7) is 5.34. The van der Waals surface area contributed by atoms with Gasteiger partial charge in [-0.2, -0.15) is 0 Å². The van der Waals surface area contributed by atoms with Crippen LogP contribution in [-0.2, 0) is 4.74 Å². The Bertz CT molecular complexity index is 714. The SMILES string of the molecule is COc1ccc(Cl)cc1Nc1ccc(NC(=O)OC(C)(C)C)nn1. The Morgan fingerprint density at radius 1 is 1.12 bits per heavy atom. The average Bonchev–Trinajstić information content (AvgIpc) is 2.47. The number of nitrogens with zero attached hydrogens (tertiary/aromatic N) is 2. The van der Waals surface area contributed by atoms with Crippen molar-refractivity contribution < 1.29 is 14.3 Å². The molecule has 8 heteroatoms. The number of hydrogen-bond donors (Lipinski definition) is 2. The number of benzene rings is 1. The maximum atomic E-state index is 11.7. The van der Waals surface area contributed by atoms with Gasteiger partial charge < -0.3 is 14.8 Å². The van der Waals surface area contributed by atoms with E-state index >= 15 is 0 Å². The molecule has 2 rings (SSSR count). The van der Waals surface area contributed by atoms with Crippen molar-refractivity contribution in [1.82, 2.24) is 10.2 Å². The van der Waals surface area contributed by atoms with Crippen LogP contribution in [0.4, 0.5) is 22.1 Å². The van der Waals surface area contributed by atoms with Gasteiger partial charge in [0.2, 0.25) is 0 Å². The second-order valence-electron chi connectivity index (χ2n) is 5.90. The van der Waals surface area contributed by atoms with E-state index in [9.17, 15) is 4.79 Å². The molecule has 0 radical (unpaired) electrons. The Kier molecular flexibility index (Phi) is 5.46. The van der Waals surface area contributed by atoms with Crippen molar-refractivity contribution in [2.24, 2.45) is 0 Å². The number of aromatic nitrogens is 2. The Morgan fingerprint density at radius 3 is 2.38 bits per heavy atom. The lowest BCUT2D eigenvalue weighted by Gasteiger charge is -2.19. The van der Waals surface area contributed by atoms with Crippen molar-refractivity contribution in [2.75, 3.05) is 17.7 Å². The monoisotopic (exact) mass is 350 g/mol. The van der Waals surface area contributed by atoms with Crippen LogP contribution in [0.15, 0.2) is 30.3 Å². The number of anilines is 3. The van der Waals surface area contributed by atoms with Gasteiger partial charge in [-0.3, -0.25) is 5.32 Å². The van der Waals surface area contributed by atoms with E-state index in [1.807, 2.05) is 0 Å². The quantitative estimate of drug-likeness (QED) is 0.858. The van der Waals surface area contributed by atoms with Crippen molar-refractivity contribution in [3.05, 3.63) is 35.4 Å². The maximum Gasteiger partial charge on any atom is 0.413 e. The average molecular weight is 351 g/mol. The van der Waals surface area contributed by atoms with E-state index in [-0.39, 0.29) is 5.82 Å². The van der Waals surface area contributed by atoms with Gasteiger partial charge in [0.25, 0.3) is 0 Å². The minimum Gasteiger partial charge on any atom is -0.495 e. The predicted molar refractivity (Wildman–Crippen MR) is 93.2 cm³/mol. The molecule has 0 aliphatic rings. The summed E-state index contributed by atoms with van der Waals surface area (Å²) in [6, 6.07) is 8.47. The molecule has 0 saturated heterocycles. The third kappa shape index (κ3) is 5.27. The van der Waals surface area contributed by atoms with Crippen molar-refractivity contribution in [1.29, 1.82) is 0 Å². The van der Waals surface area contributed by atoms with Crippen LogP contribution in [0.1, 0.15) is 20.8 Å². The second-order valence-corrected chi connectivity index (χ2v) is 6.34. The number of hydrogen-bond acceptors (Lipinski definition) is 6. The van der Waals surface area contributed by atoms with Gasteiger partial charge in [0, 0.05) is 5.02 Å². The largest absolute Gasteiger partial charge is 0.495 e. The van der Waals surface area contributed by atoms with Crippen LogP contribution in [0.3, 0.4) is 0 Å². The highest BCUT2D eigenvalue weighted by molar-refractivity contribution is 6.31. The Labute approximate surface area is 145 Å². The number of methoxy groups -OCH3 is 1. The smallest absolute Gasteiger partial charge is 0.413 e. The Morgan fingerprint density at radius 2 is 1.79 bits per heavy atom. The lowest BCUT2D eigenvalue weighted by Crippen LogP contribution is -2.27. The molecule has 0 bridgehead atoms. The molecule has 1 aromatic carbocycles. The molecule has 24 heavy (non-hydrogen) atoms. The minimum atomic E-state index is -0.589. The highest BCUT2D eigenvalue weighted by Gasteiger charge is 2.16. The fourth-order valence-electron chi connectivity index (χ4n) is 1.79. The van der Waals surface area contributed by atoms with Gasteiger partial charge in [0.05, 0.1) is 12.8 Å². The van der Waals surface area contributed by atoms with Crippen molar-refractivity contribution >= 4 is 35.0 Å². The first-order valence-electron chi connectivity index (χ1n) is 7.21. The Balaban J connectivity index is 2.05. The van der Waals surface area contributed by atoms with E-state index in [1.54, 1.807) is 58.2 Å². The van der Waals surface area contributed by atoms with Crippen LogP contribution in [-0.4, -0.2) is 29.0 Å². The molecule has 1 amide bonds. The molecule has 2 N–H and O–H groups in total. The first-order chi connectivity index (χ1) is 11.3. The van der Waals surface area contributed by atoms with Gasteiger partial charge in [0.1, 0.15) is 11.4 Å². The molecule has 2 aromatic rings. The molecule has 1 heterocycles. The zero-order valence-corrected chi connectivity index (χ0v) is 14.6. The van der Waals surface area contributed by atoms with Crippen LogP contribution in [0.25, 0.3) is 0 Å². The van der Waals surface area contributed by atoms with Crippen molar-refractivity contribution in [3.8, 4) is 5.75 Å². The zero-order chi connectivity index (χ0) is 17.7. The van der Waals surface area contributed by atoms with E-state index in [2.05, 4.69) is 20.8 Å². The van der Waals surface area contributed by atoms with Gasteiger partial charge in [0.15, 0.2) is 11.6 Å². The van der Waals surface area contributed by atoms with E-state index in [0.29, 0.717) is 22.3 Å². The Hall–Kier alpha value is -2.54. The van der Waals surface area contributed by atoms with Gasteiger partial charge in [-0.05, 0) is 51.1 Å². The van der Waals surface area contributed by atoms with Crippen LogP contribution in [0.2, 0.25) is 5.02 Å². The number of carbonyl (C=O) groups excluding carboxylic acids is 1. The number of ether oxygens (including phenoxy) is 2. The summed E-state index contributed by atoms with van der Waals surface area (Å²) < 4.78 is 10.4.